The molecule has 1 aromatic rings. The standard InChI is InChI=1S/C11H17N3O/c1-9-5-7-13-8-10(9)14-11(15)4-3-6-12-2/h5,7-8,12H,3-4,6H2,1-2H3,(H,14,15). The molecule has 4 nitrogen and oxygen atoms in total. The zero-order valence-corrected chi connectivity index (χ0v) is 9.21. The molecule has 1 rings (SSSR count). The molecule has 0 aliphatic rings. The quantitative estimate of drug-likeness (QED) is 0.716. The number of amides is 1. The second-order valence-electron chi connectivity index (χ2n) is 3.45. The lowest BCUT2D eigenvalue weighted by molar-refractivity contribution is -0.116. The summed E-state index contributed by atoms with van der Waals surface area (Å²) in [6, 6.07) is 1.88. The monoisotopic (exact) mass is 207 g/mol. The molecule has 1 aromatic heterocycles. The van der Waals surface area contributed by atoms with Gasteiger partial charge >= 0.3 is 0 Å². The van der Waals surface area contributed by atoms with Gasteiger partial charge in [-0.05, 0) is 38.6 Å². The number of aryl methyl sites for hydroxylation is 1. The molecular formula is C11H17N3O. The van der Waals surface area contributed by atoms with E-state index >= 15 is 0 Å². The lowest BCUT2D eigenvalue weighted by Gasteiger charge is -2.06. The summed E-state index contributed by atoms with van der Waals surface area (Å²) in [5.41, 5.74) is 1.83. The maximum absolute atomic E-state index is 11.5. The SMILES string of the molecule is CNCCCC(=O)Nc1cnccc1C. The Hall–Kier alpha value is -1.42. The maximum Gasteiger partial charge on any atom is 0.224 e. The molecule has 2 N–H and O–H groups in total. The van der Waals surface area contributed by atoms with E-state index in [1.165, 1.54) is 0 Å². The Morgan fingerprint density at radius 3 is 3.00 bits per heavy atom. The minimum Gasteiger partial charge on any atom is -0.325 e. The zero-order chi connectivity index (χ0) is 11.1. The van der Waals surface area contributed by atoms with E-state index in [-0.39, 0.29) is 5.91 Å². The molecule has 1 heterocycles. The molecule has 1 amide bonds. The van der Waals surface area contributed by atoms with Crippen molar-refractivity contribution in [1.29, 1.82) is 0 Å². The van der Waals surface area contributed by atoms with Gasteiger partial charge in [-0.25, -0.2) is 0 Å². The highest BCUT2D eigenvalue weighted by atomic mass is 16.1. The van der Waals surface area contributed by atoms with E-state index in [2.05, 4.69) is 15.6 Å². The van der Waals surface area contributed by atoms with Crippen LogP contribution in [-0.2, 0) is 4.79 Å². The predicted octanol–water partition coefficient (Wildman–Crippen LogP) is 1.33. The lowest BCUT2D eigenvalue weighted by Crippen LogP contribution is -2.15. The fraction of sp³-hybridized carbons (Fsp3) is 0.455. The number of hydrogen-bond acceptors (Lipinski definition) is 3. The Morgan fingerprint density at radius 2 is 2.33 bits per heavy atom. The van der Waals surface area contributed by atoms with E-state index in [9.17, 15) is 4.79 Å². The van der Waals surface area contributed by atoms with Crippen LogP contribution in [0, 0.1) is 6.92 Å². The van der Waals surface area contributed by atoms with Gasteiger partial charge in [0.25, 0.3) is 0 Å². The highest BCUT2D eigenvalue weighted by molar-refractivity contribution is 5.91. The molecule has 0 unspecified atom stereocenters. The van der Waals surface area contributed by atoms with Gasteiger partial charge in [0.15, 0.2) is 0 Å². The van der Waals surface area contributed by atoms with E-state index in [4.69, 9.17) is 0 Å². The Kier molecular flexibility index (Phi) is 4.77. The Bertz CT molecular complexity index is 325. The number of pyridine rings is 1. The summed E-state index contributed by atoms with van der Waals surface area (Å²) in [7, 11) is 1.88. The Balaban J connectivity index is 2.41. The number of nitrogens with zero attached hydrogens (tertiary/aromatic N) is 1. The van der Waals surface area contributed by atoms with Crippen molar-refractivity contribution in [2.24, 2.45) is 0 Å². The van der Waals surface area contributed by atoms with Crippen molar-refractivity contribution in [2.75, 3.05) is 18.9 Å². The number of carbonyl (C=O) groups is 1. The molecule has 0 saturated heterocycles. The second kappa shape index (κ2) is 6.14. The van der Waals surface area contributed by atoms with Gasteiger partial charge in [-0.1, -0.05) is 0 Å². The smallest absolute Gasteiger partial charge is 0.224 e. The first-order valence-electron chi connectivity index (χ1n) is 5.09. The molecule has 0 bridgehead atoms. The third kappa shape index (κ3) is 4.08. The van der Waals surface area contributed by atoms with Crippen molar-refractivity contribution >= 4 is 11.6 Å². The largest absolute Gasteiger partial charge is 0.325 e. The fourth-order valence-corrected chi connectivity index (χ4v) is 1.23. The summed E-state index contributed by atoms with van der Waals surface area (Å²) in [5, 5.41) is 5.85. The number of rotatable bonds is 5. The Labute approximate surface area is 90.1 Å². The van der Waals surface area contributed by atoms with Crippen molar-refractivity contribution in [3.8, 4) is 0 Å². The van der Waals surface area contributed by atoms with Gasteiger partial charge in [0.05, 0.1) is 11.9 Å². The molecule has 0 saturated carbocycles. The van der Waals surface area contributed by atoms with E-state index < -0.39 is 0 Å². The van der Waals surface area contributed by atoms with Crippen molar-refractivity contribution in [1.82, 2.24) is 10.3 Å². The summed E-state index contributed by atoms with van der Waals surface area (Å²) >= 11 is 0. The number of aromatic nitrogens is 1. The van der Waals surface area contributed by atoms with Crippen LogP contribution < -0.4 is 10.6 Å². The predicted molar refractivity (Wildman–Crippen MR) is 60.8 cm³/mol. The minimum absolute atomic E-state index is 0.0429. The van der Waals surface area contributed by atoms with Crippen LogP contribution >= 0.6 is 0 Å². The maximum atomic E-state index is 11.5. The first-order chi connectivity index (χ1) is 7.24. The fourth-order valence-electron chi connectivity index (χ4n) is 1.23. The topological polar surface area (TPSA) is 54.0 Å². The highest BCUT2D eigenvalue weighted by Crippen LogP contribution is 2.11. The number of anilines is 1. The van der Waals surface area contributed by atoms with Gasteiger partial charge in [0, 0.05) is 12.6 Å². The van der Waals surface area contributed by atoms with Crippen molar-refractivity contribution in [3.05, 3.63) is 24.0 Å². The molecule has 82 valence electrons. The first-order valence-corrected chi connectivity index (χ1v) is 5.09. The summed E-state index contributed by atoms with van der Waals surface area (Å²) in [6.07, 6.45) is 4.77. The summed E-state index contributed by atoms with van der Waals surface area (Å²) in [5.74, 6) is 0.0429. The van der Waals surface area contributed by atoms with Crippen LogP contribution in [0.5, 0.6) is 0 Å². The Morgan fingerprint density at radius 1 is 1.53 bits per heavy atom. The van der Waals surface area contributed by atoms with Crippen molar-refractivity contribution < 1.29 is 4.79 Å². The highest BCUT2D eigenvalue weighted by Gasteiger charge is 2.03. The molecule has 15 heavy (non-hydrogen) atoms. The molecule has 0 atom stereocenters. The summed E-state index contributed by atoms with van der Waals surface area (Å²) in [6.45, 7) is 2.81. The molecular weight excluding hydrogens is 190 g/mol. The van der Waals surface area contributed by atoms with Gasteiger partial charge in [-0.2, -0.15) is 0 Å². The van der Waals surface area contributed by atoms with Gasteiger partial charge in [-0.3, -0.25) is 9.78 Å². The van der Waals surface area contributed by atoms with Crippen LogP contribution in [0.1, 0.15) is 18.4 Å². The number of nitrogens with one attached hydrogen (secondary N) is 2. The van der Waals surface area contributed by atoms with Crippen molar-refractivity contribution in [3.63, 3.8) is 0 Å². The average Bonchev–Trinajstić information content (AvgIpc) is 2.22. The third-order valence-corrected chi connectivity index (χ3v) is 2.14. The number of carbonyl (C=O) groups excluding carboxylic acids is 1. The minimum atomic E-state index is 0.0429. The molecule has 0 radical (unpaired) electrons. The normalized spacial score (nSPS) is 10.0. The van der Waals surface area contributed by atoms with Crippen LogP contribution in [-0.4, -0.2) is 24.5 Å². The van der Waals surface area contributed by atoms with Crippen LogP contribution in [0.2, 0.25) is 0 Å². The van der Waals surface area contributed by atoms with E-state index in [0.29, 0.717) is 6.42 Å². The number of hydrogen-bond donors (Lipinski definition) is 2. The van der Waals surface area contributed by atoms with Crippen molar-refractivity contribution in [2.45, 2.75) is 19.8 Å². The lowest BCUT2D eigenvalue weighted by atomic mass is 10.2. The zero-order valence-electron chi connectivity index (χ0n) is 9.21. The van der Waals surface area contributed by atoms with Crippen LogP contribution in [0.25, 0.3) is 0 Å². The van der Waals surface area contributed by atoms with Gasteiger partial charge in [0.2, 0.25) is 5.91 Å². The van der Waals surface area contributed by atoms with Crippen LogP contribution in [0.3, 0.4) is 0 Å². The van der Waals surface area contributed by atoms with Gasteiger partial charge in [0.1, 0.15) is 0 Å². The van der Waals surface area contributed by atoms with E-state index in [0.717, 1.165) is 24.2 Å². The van der Waals surface area contributed by atoms with E-state index in [1.54, 1.807) is 12.4 Å². The molecule has 0 spiro atoms. The van der Waals surface area contributed by atoms with Gasteiger partial charge in [-0.15, -0.1) is 0 Å². The van der Waals surface area contributed by atoms with Gasteiger partial charge < -0.3 is 10.6 Å². The molecule has 0 aromatic carbocycles. The molecule has 0 fully saturated rings. The summed E-state index contributed by atoms with van der Waals surface area (Å²) < 4.78 is 0. The average molecular weight is 207 g/mol. The van der Waals surface area contributed by atoms with Crippen LogP contribution in [0.15, 0.2) is 18.5 Å². The van der Waals surface area contributed by atoms with E-state index in [1.807, 2.05) is 20.0 Å². The first kappa shape index (κ1) is 11.7. The second-order valence-corrected chi connectivity index (χ2v) is 3.45. The third-order valence-electron chi connectivity index (χ3n) is 2.14. The van der Waals surface area contributed by atoms with Crippen LogP contribution in [0.4, 0.5) is 5.69 Å². The molecule has 0 aliphatic carbocycles. The molecule has 0 aliphatic heterocycles. The summed E-state index contributed by atoms with van der Waals surface area (Å²) in [4.78, 5) is 15.4. The molecule has 4 heteroatoms.